The highest BCUT2D eigenvalue weighted by Crippen LogP contribution is 2.30. The zero-order valence-corrected chi connectivity index (χ0v) is 13.5. The van der Waals surface area contributed by atoms with Crippen LogP contribution in [-0.4, -0.2) is 91.9 Å². The van der Waals surface area contributed by atoms with Gasteiger partial charge in [-0.05, 0) is 0 Å². The molecule has 2 aliphatic rings. The molecule has 0 N–H and O–H groups in total. The zero-order chi connectivity index (χ0) is 16.1. The zero-order valence-electron chi connectivity index (χ0n) is 12.6. The Morgan fingerprint density at radius 3 is 2.36 bits per heavy atom. The summed E-state index contributed by atoms with van der Waals surface area (Å²) in [5, 5.41) is -0.803. The Kier molecular flexibility index (Phi) is 6.04. The molecular formula is C13H20N2O6S. The van der Waals surface area contributed by atoms with Crippen LogP contribution >= 0.6 is 11.8 Å². The van der Waals surface area contributed by atoms with Crippen molar-refractivity contribution in [1.29, 1.82) is 0 Å². The van der Waals surface area contributed by atoms with Gasteiger partial charge in [-0.15, -0.1) is 11.8 Å². The molecule has 2 aliphatic heterocycles. The molecule has 2 heterocycles. The first-order chi connectivity index (χ1) is 10.6. The van der Waals surface area contributed by atoms with E-state index in [1.807, 2.05) is 4.90 Å². The molecule has 2 rings (SSSR count). The summed E-state index contributed by atoms with van der Waals surface area (Å²) < 4.78 is 14.7. The van der Waals surface area contributed by atoms with Crippen LogP contribution in [-0.2, 0) is 28.6 Å². The van der Waals surface area contributed by atoms with Gasteiger partial charge in [0, 0.05) is 18.8 Å². The van der Waals surface area contributed by atoms with Crippen LogP contribution in [0.2, 0.25) is 0 Å². The number of ether oxygens (including phenoxy) is 3. The fourth-order valence-corrected chi connectivity index (χ4v) is 3.76. The Morgan fingerprint density at radius 2 is 1.77 bits per heavy atom. The molecule has 2 saturated heterocycles. The van der Waals surface area contributed by atoms with Crippen molar-refractivity contribution in [3.05, 3.63) is 0 Å². The molecule has 0 aromatic rings. The SMILES string of the molecule is COC(=O)[C@H]1CS[C@@H](C(=O)OC)N1C(=O)CN1CCOCC1. The summed E-state index contributed by atoms with van der Waals surface area (Å²) in [5.41, 5.74) is 0. The Morgan fingerprint density at radius 1 is 1.14 bits per heavy atom. The van der Waals surface area contributed by atoms with Gasteiger partial charge < -0.3 is 19.1 Å². The minimum absolute atomic E-state index is 0.144. The standard InChI is InChI=1S/C13H20N2O6S/c1-19-12(17)9-8-22-11(13(18)20-2)15(9)10(16)7-14-3-5-21-6-4-14/h9,11H,3-8H2,1-2H3/t9-,11+/m1/s1. The lowest BCUT2D eigenvalue weighted by Crippen LogP contribution is -2.53. The summed E-state index contributed by atoms with van der Waals surface area (Å²) in [5.74, 6) is -1.01. The highest BCUT2D eigenvalue weighted by Gasteiger charge is 2.46. The molecule has 124 valence electrons. The summed E-state index contributed by atoms with van der Waals surface area (Å²) in [6.07, 6.45) is 0. The second kappa shape index (κ2) is 7.80. The first-order valence-corrected chi connectivity index (χ1v) is 8.02. The monoisotopic (exact) mass is 332 g/mol. The van der Waals surface area contributed by atoms with Gasteiger partial charge in [0.2, 0.25) is 5.91 Å². The molecule has 1 amide bonds. The van der Waals surface area contributed by atoms with Crippen molar-refractivity contribution in [2.75, 3.05) is 52.8 Å². The van der Waals surface area contributed by atoms with Crippen LogP contribution in [0.3, 0.4) is 0 Å². The molecule has 22 heavy (non-hydrogen) atoms. The Bertz CT molecular complexity index is 416. The summed E-state index contributed by atoms with van der Waals surface area (Å²) in [4.78, 5) is 39.5. The van der Waals surface area contributed by atoms with E-state index in [9.17, 15) is 14.4 Å². The molecule has 2 atom stereocenters. The van der Waals surface area contributed by atoms with E-state index >= 15 is 0 Å². The number of carbonyl (C=O) groups excluding carboxylic acids is 3. The Balaban J connectivity index is 2.10. The number of hydrogen-bond acceptors (Lipinski definition) is 8. The highest BCUT2D eigenvalue weighted by molar-refractivity contribution is 8.00. The second-order valence-electron chi connectivity index (χ2n) is 4.94. The van der Waals surface area contributed by atoms with Crippen LogP contribution < -0.4 is 0 Å². The largest absolute Gasteiger partial charge is 0.467 e. The number of morpholine rings is 1. The number of methoxy groups -OCH3 is 2. The lowest BCUT2D eigenvalue weighted by Gasteiger charge is -2.31. The normalized spacial score (nSPS) is 25.8. The van der Waals surface area contributed by atoms with Gasteiger partial charge in [0.15, 0.2) is 5.37 Å². The summed E-state index contributed by atoms with van der Waals surface area (Å²) in [6.45, 7) is 2.59. The van der Waals surface area contributed by atoms with Crippen molar-refractivity contribution >= 4 is 29.6 Å². The molecule has 0 spiro atoms. The van der Waals surface area contributed by atoms with Crippen molar-refractivity contribution < 1.29 is 28.6 Å². The maximum Gasteiger partial charge on any atom is 0.339 e. The average molecular weight is 332 g/mol. The third-order valence-corrected chi connectivity index (χ3v) is 4.87. The topological polar surface area (TPSA) is 85.4 Å². The molecule has 2 fully saturated rings. The van der Waals surface area contributed by atoms with Crippen LogP contribution in [0.1, 0.15) is 0 Å². The smallest absolute Gasteiger partial charge is 0.339 e. The minimum atomic E-state index is -0.803. The number of thioether (sulfide) groups is 1. The maximum atomic E-state index is 12.6. The van der Waals surface area contributed by atoms with Crippen LogP contribution in [0.15, 0.2) is 0 Å². The number of nitrogens with zero attached hydrogens (tertiary/aromatic N) is 2. The van der Waals surface area contributed by atoms with Gasteiger partial charge in [0.25, 0.3) is 0 Å². The summed E-state index contributed by atoms with van der Waals surface area (Å²) >= 11 is 1.21. The molecule has 0 bridgehead atoms. The number of amides is 1. The molecule has 0 aromatic heterocycles. The lowest BCUT2D eigenvalue weighted by atomic mass is 10.2. The number of hydrogen-bond donors (Lipinski definition) is 0. The number of carbonyl (C=O) groups is 3. The van der Waals surface area contributed by atoms with E-state index in [1.54, 1.807) is 0 Å². The molecule has 0 unspecified atom stereocenters. The van der Waals surface area contributed by atoms with Crippen molar-refractivity contribution in [3.63, 3.8) is 0 Å². The predicted octanol–water partition coefficient (Wildman–Crippen LogP) is -1.07. The lowest BCUT2D eigenvalue weighted by molar-refractivity contribution is -0.157. The summed E-state index contributed by atoms with van der Waals surface area (Å²) in [7, 11) is 2.53. The van der Waals surface area contributed by atoms with Crippen molar-refractivity contribution in [1.82, 2.24) is 9.80 Å². The maximum absolute atomic E-state index is 12.6. The van der Waals surface area contributed by atoms with Crippen molar-refractivity contribution in [3.8, 4) is 0 Å². The number of rotatable bonds is 4. The number of esters is 2. The van der Waals surface area contributed by atoms with E-state index in [1.165, 1.54) is 30.9 Å². The Labute approximate surface area is 133 Å². The van der Waals surface area contributed by atoms with E-state index in [-0.39, 0.29) is 12.5 Å². The van der Waals surface area contributed by atoms with Gasteiger partial charge in [-0.2, -0.15) is 0 Å². The van der Waals surface area contributed by atoms with Crippen molar-refractivity contribution in [2.45, 2.75) is 11.4 Å². The van der Waals surface area contributed by atoms with Gasteiger partial charge in [0.05, 0.1) is 34.0 Å². The van der Waals surface area contributed by atoms with Crippen LogP contribution in [0.25, 0.3) is 0 Å². The second-order valence-corrected chi connectivity index (χ2v) is 6.05. The summed E-state index contributed by atoms with van der Waals surface area (Å²) in [6, 6.07) is -0.757. The molecule has 8 nitrogen and oxygen atoms in total. The quantitative estimate of drug-likeness (QED) is 0.602. The molecular weight excluding hydrogens is 312 g/mol. The molecule has 9 heteroatoms. The average Bonchev–Trinajstić information content (AvgIpc) is 2.99. The van der Waals surface area contributed by atoms with Crippen LogP contribution in [0, 0.1) is 0 Å². The van der Waals surface area contributed by atoms with Gasteiger partial charge >= 0.3 is 11.9 Å². The van der Waals surface area contributed by atoms with Crippen LogP contribution in [0.5, 0.6) is 0 Å². The fourth-order valence-electron chi connectivity index (χ4n) is 2.44. The molecule has 0 saturated carbocycles. The van der Waals surface area contributed by atoms with Gasteiger partial charge in [0.1, 0.15) is 6.04 Å². The molecule has 0 radical (unpaired) electrons. The van der Waals surface area contributed by atoms with Crippen LogP contribution in [0.4, 0.5) is 0 Å². The highest BCUT2D eigenvalue weighted by atomic mass is 32.2. The first kappa shape index (κ1) is 17.0. The van der Waals surface area contributed by atoms with Gasteiger partial charge in [-0.25, -0.2) is 9.59 Å². The van der Waals surface area contributed by atoms with E-state index < -0.39 is 23.4 Å². The third kappa shape index (κ3) is 3.71. The van der Waals surface area contributed by atoms with Gasteiger partial charge in [-0.3, -0.25) is 9.69 Å². The molecule has 0 aliphatic carbocycles. The molecule has 0 aromatic carbocycles. The van der Waals surface area contributed by atoms with E-state index in [0.717, 1.165) is 0 Å². The third-order valence-electron chi connectivity index (χ3n) is 3.63. The van der Waals surface area contributed by atoms with E-state index in [4.69, 9.17) is 14.2 Å². The first-order valence-electron chi connectivity index (χ1n) is 6.97. The van der Waals surface area contributed by atoms with Gasteiger partial charge in [-0.1, -0.05) is 0 Å². The van der Waals surface area contributed by atoms with E-state index in [0.29, 0.717) is 32.1 Å². The predicted molar refractivity (Wildman–Crippen MR) is 78.2 cm³/mol. The van der Waals surface area contributed by atoms with Crippen molar-refractivity contribution in [2.24, 2.45) is 0 Å². The van der Waals surface area contributed by atoms with E-state index in [2.05, 4.69) is 0 Å². The minimum Gasteiger partial charge on any atom is -0.467 e. The fraction of sp³-hybridized carbons (Fsp3) is 0.769. The Hall–Kier alpha value is -1.32.